The number of nitrogens with zero attached hydrogens (tertiary/aromatic N) is 2. The second kappa shape index (κ2) is 10.4. The molecule has 0 N–H and O–H groups in total. The zero-order valence-corrected chi connectivity index (χ0v) is 15.9. The van der Waals surface area contributed by atoms with Crippen LogP contribution in [-0.4, -0.2) is 9.38 Å². The average molecular weight is 293 g/mol. The summed E-state index contributed by atoms with van der Waals surface area (Å²) in [6.45, 7) is 21.5. The highest BCUT2D eigenvalue weighted by molar-refractivity contribution is 5.36. The summed E-state index contributed by atoms with van der Waals surface area (Å²) in [6, 6.07) is 5.93. The molecule has 0 aliphatic heterocycles. The largest absolute Gasteiger partial charge is 0.307 e. The fraction of sp³-hybridized carbons (Fsp3) is 0.632. The lowest BCUT2D eigenvalue weighted by atomic mass is 10.0. The fourth-order valence-corrected chi connectivity index (χ4v) is 0.864. The normalized spacial score (nSPS) is 10.4. The molecule has 0 unspecified atom stereocenters. The Hall–Kier alpha value is -1.31. The Balaban J connectivity index is 0. The molecule has 2 heterocycles. The molecular weight excluding hydrogens is 256 g/mol. The van der Waals surface area contributed by atoms with Crippen LogP contribution in [0, 0.1) is 10.8 Å². The van der Waals surface area contributed by atoms with Crippen molar-refractivity contribution in [3.05, 3.63) is 36.8 Å². The van der Waals surface area contributed by atoms with Crippen molar-refractivity contribution in [1.29, 1.82) is 0 Å². The number of imidazole rings is 1. The fourth-order valence-electron chi connectivity index (χ4n) is 0.864. The summed E-state index contributed by atoms with van der Waals surface area (Å²) in [5.74, 6) is 0. The lowest BCUT2D eigenvalue weighted by molar-refractivity contribution is 0.469. The maximum absolute atomic E-state index is 4.08. The number of aromatic nitrogens is 2. The van der Waals surface area contributed by atoms with E-state index in [0.29, 0.717) is 10.8 Å². The third kappa shape index (κ3) is 21.1. The average Bonchev–Trinajstić information content (AvgIpc) is 2.75. The Morgan fingerprint density at radius 2 is 1.19 bits per heavy atom. The zero-order valence-electron chi connectivity index (χ0n) is 15.9. The van der Waals surface area contributed by atoms with Gasteiger partial charge < -0.3 is 4.40 Å². The molecule has 0 saturated carbocycles. The van der Waals surface area contributed by atoms with E-state index in [2.05, 4.69) is 60.4 Å². The predicted molar refractivity (Wildman–Crippen MR) is 96.8 cm³/mol. The molecule has 0 aliphatic carbocycles. The molecule has 122 valence electrons. The molecule has 0 aromatic carbocycles. The van der Waals surface area contributed by atoms with E-state index in [4.69, 9.17) is 0 Å². The molecule has 2 rings (SSSR count). The van der Waals surface area contributed by atoms with E-state index >= 15 is 0 Å². The highest BCUT2D eigenvalue weighted by Gasteiger charge is 1.96. The predicted octanol–water partition coefficient (Wildman–Crippen LogP) is 6.47. The summed E-state index contributed by atoms with van der Waals surface area (Å²) in [6.07, 6.45) is 5.69. The minimum atomic E-state index is 0.500. The van der Waals surface area contributed by atoms with Gasteiger partial charge in [-0.15, -0.1) is 0 Å². The number of hydrogen-bond donors (Lipinski definition) is 0. The standard InChI is InChI=1S/C7H6N2.2C5H12.C2H6/c1-2-5-9-6-4-8-7(9)3-1;2*1-5(2,3)4;1-2/h1-6H;2*1-4H3;1-2H3. The first kappa shape index (κ1) is 22.0. The van der Waals surface area contributed by atoms with E-state index < -0.39 is 0 Å². The number of pyridine rings is 1. The van der Waals surface area contributed by atoms with Gasteiger partial charge in [0.2, 0.25) is 0 Å². The lowest BCUT2D eigenvalue weighted by Gasteiger charge is -2.05. The maximum Gasteiger partial charge on any atom is 0.136 e. The second-order valence-electron chi connectivity index (χ2n) is 7.89. The van der Waals surface area contributed by atoms with Gasteiger partial charge in [0.05, 0.1) is 0 Å². The van der Waals surface area contributed by atoms with Gasteiger partial charge in [-0.25, -0.2) is 4.98 Å². The Morgan fingerprint density at radius 1 is 0.762 bits per heavy atom. The van der Waals surface area contributed by atoms with Crippen molar-refractivity contribution in [3.63, 3.8) is 0 Å². The molecule has 0 spiro atoms. The summed E-state index contributed by atoms with van der Waals surface area (Å²) in [7, 11) is 0. The minimum absolute atomic E-state index is 0.500. The molecule has 2 nitrogen and oxygen atoms in total. The van der Waals surface area contributed by atoms with Crippen LogP contribution in [0.2, 0.25) is 0 Å². The molecule has 0 saturated heterocycles. The van der Waals surface area contributed by atoms with Gasteiger partial charge in [-0.05, 0) is 23.0 Å². The van der Waals surface area contributed by atoms with Crippen LogP contribution in [0.5, 0.6) is 0 Å². The Bertz CT molecular complexity index is 402. The topological polar surface area (TPSA) is 17.3 Å². The van der Waals surface area contributed by atoms with Crippen LogP contribution in [0.4, 0.5) is 0 Å². The van der Waals surface area contributed by atoms with E-state index in [9.17, 15) is 0 Å². The summed E-state index contributed by atoms with van der Waals surface area (Å²) in [4.78, 5) is 4.08. The third-order valence-electron chi connectivity index (χ3n) is 1.30. The van der Waals surface area contributed by atoms with E-state index in [1.54, 1.807) is 6.20 Å². The van der Waals surface area contributed by atoms with Gasteiger partial charge in [0, 0.05) is 18.6 Å². The first-order valence-electron chi connectivity index (χ1n) is 7.84. The van der Waals surface area contributed by atoms with Crippen molar-refractivity contribution >= 4 is 5.65 Å². The minimum Gasteiger partial charge on any atom is -0.307 e. The monoisotopic (exact) mass is 292 g/mol. The van der Waals surface area contributed by atoms with Crippen LogP contribution >= 0.6 is 0 Å². The van der Waals surface area contributed by atoms with Gasteiger partial charge in [0.1, 0.15) is 5.65 Å². The van der Waals surface area contributed by atoms with Crippen LogP contribution in [0.15, 0.2) is 36.8 Å². The Labute approximate surface area is 132 Å². The zero-order chi connectivity index (χ0) is 17.1. The molecule has 0 aliphatic rings. The summed E-state index contributed by atoms with van der Waals surface area (Å²) in [5, 5.41) is 0. The van der Waals surface area contributed by atoms with Crippen molar-refractivity contribution in [1.82, 2.24) is 9.38 Å². The van der Waals surface area contributed by atoms with Crippen LogP contribution in [0.1, 0.15) is 69.2 Å². The van der Waals surface area contributed by atoms with Crippen LogP contribution in [0.3, 0.4) is 0 Å². The summed E-state index contributed by atoms with van der Waals surface area (Å²) in [5.41, 5.74) is 2.00. The molecule has 2 heteroatoms. The lowest BCUT2D eigenvalue weighted by Crippen LogP contribution is -1.93. The van der Waals surface area contributed by atoms with Gasteiger partial charge in [-0.3, -0.25) is 0 Å². The van der Waals surface area contributed by atoms with Gasteiger partial charge in [-0.2, -0.15) is 0 Å². The van der Waals surface area contributed by atoms with E-state index in [1.165, 1.54) is 0 Å². The highest BCUT2D eigenvalue weighted by Crippen LogP contribution is 2.08. The molecule has 0 radical (unpaired) electrons. The Morgan fingerprint density at radius 3 is 1.57 bits per heavy atom. The van der Waals surface area contributed by atoms with E-state index in [1.807, 2.05) is 48.8 Å². The van der Waals surface area contributed by atoms with Gasteiger partial charge in [0.15, 0.2) is 0 Å². The van der Waals surface area contributed by atoms with Gasteiger partial charge in [0.25, 0.3) is 0 Å². The summed E-state index contributed by atoms with van der Waals surface area (Å²) < 4.78 is 1.97. The van der Waals surface area contributed by atoms with Gasteiger partial charge in [-0.1, -0.05) is 75.3 Å². The second-order valence-corrected chi connectivity index (χ2v) is 7.89. The third-order valence-corrected chi connectivity index (χ3v) is 1.30. The number of hydrogen-bond acceptors (Lipinski definition) is 1. The Kier molecular flexibility index (Phi) is 10.9. The van der Waals surface area contributed by atoms with Crippen LogP contribution < -0.4 is 0 Å². The van der Waals surface area contributed by atoms with Gasteiger partial charge >= 0.3 is 0 Å². The number of rotatable bonds is 0. The van der Waals surface area contributed by atoms with Crippen molar-refractivity contribution in [3.8, 4) is 0 Å². The number of fused-ring (bicyclic) bond motifs is 1. The molecule has 2 aromatic heterocycles. The first-order chi connectivity index (χ1) is 9.47. The van der Waals surface area contributed by atoms with Crippen molar-refractivity contribution in [2.45, 2.75) is 69.2 Å². The maximum atomic E-state index is 4.08. The SMILES string of the molecule is CC.CC(C)(C)C.CC(C)(C)C.c1ccn2ccnc2c1. The molecule has 21 heavy (non-hydrogen) atoms. The molecule has 2 aromatic rings. The summed E-state index contributed by atoms with van der Waals surface area (Å²) >= 11 is 0. The van der Waals surface area contributed by atoms with E-state index in [-0.39, 0.29) is 0 Å². The van der Waals surface area contributed by atoms with E-state index in [0.717, 1.165) is 5.65 Å². The van der Waals surface area contributed by atoms with Crippen molar-refractivity contribution in [2.75, 3.05) is 0 Å². The molecule has 0 bridgehead atoms. The quantitative estimate of drug-likeness (QED) is 0.544. The smallest absolute Gasteiger partial charge is 0.136 e. The molecule has 0 amide bonds. The van der Waals surface area contributed by atoms with Crippen LogP contribution in [0.25, 0.3) is 5.65 Å². The van der Waals surface area contributed by atoms with Crippen molar-refractivity contribution in [2.24, 2.45) is 10.8 Å². The van der Waals surface area contributed by atoms with Crippen molar-refractivity contribution < 1.29 is 0 Å². The van der Waals surface area contributed by atoms with Crippen LogP contribution in [-0.2, 0) is 0 Å². The molecular formula is C19H36N2. The molecule has 0 fully saturated rings. The first-order valence-corrected chi connectivity index (χ1v) is 7.84. The molecule has 0 atom stereocenters. The highest BCUT2D eigenvalue weighted by atomic mass is 15.0.